The second-order valence-electron chi connectivity index (χ2n) is 6.71. The summed E-state index contributed by atoms with van der Waals surface area (Å²) in [5.41, 5.74) is 6.01. The normalized spacial score (nSPS) is 10.9. The molecule has 0 amide bonds. The molecule has 0 aliphatic heterocycles. The monoisotopic (exact) mass is 489 g/mol. The average molecular weight is 490 g/mol. The number of hydrogen-bond acceptors (Lipinski definition) is 7. The minimum atomic E-state index is -0.541. The van der Waals surface area contributed by atoms with Gasteiger partial charge in [0.2, 0.25) is 5.95 Å². The fraction of sp³-hybridized carbons (Fsp3) is 0. The number of nitrogens with zero attached hydrogens (tertiary/aromatic N) is 4. The van der Waals surface area contributed by atoms with Crippen molar-refractivity contribution in [2.24, 2.45) is 5.10 Å². The Bertz CT molecular complexity index is 1300. The van der Waals surface area contributed by atoms with Gasteiger partial charge in [0.05, 0.1) is 22.5 Å². The molecule has 0 unspecified atom stereocenters. The molecule has 0 atom stereocenters. The molecule has 9 heteroatoms. The first kappa shape index (κ1) is 21.1. The Morgan fingerprint density at radius 1 is 0.938 bits per heavy atom. The summed E-state index contributed by atoms with van der Waals surface area (Å²) in [6.45, 7) is 0. The highest BCUT2D eigenvalue weighted by Crippen LogP contribution is 2.26. The minimum absolute atomic E-state index is 0.129. The molecular weight excluding hydrogens is 474 g/mol. The number of nitrogens with one attached hydrogen (secondary N) is 1. The van der Waals surface area contributed by atoms with E-state index in [1.54, 1.807) is 0 Å². The molecule has 0 bridgehead atoms. The highest BCUT2D eigenvalue weighted by atomic mass is 79.9. The van der Waals surface area contributed by atoms with Gasteiger partial charge < -0.3 is 5.11 Å². The molecule has 0 aliphatic carbocycles. The van der Waals surface area contributed by atoms with Gasteiger partial charge in [-0.2, -0.15) is 5.10 Å². The molecule has 4 rings (SSSR count). The van der Waals surface area contributed by atoms with Gasteiger partial charge in [0.25, 0.3) is 5.69 Å². The van der Waals surface area contributed by atoms with Gasteiger partial charge in [-0.15, -0.1) is 0 Å². The van der Waals surface area contributed by atoms with Crippen LogP contribution in [0.25, 0.3) is 22.5 Å². The highest BCUT2D eigenvalue weighted by Gasteiger charge is 2.10. The Morgan fingerprint density at radius 2 is 1.59 bits per heavy atom. The maximum Gasteiger partial charge on any atom is 0.270 e. The highest BCUT2D eigenvalue weighted by molar-refractivity contribution is 9.10. The first-order valence-electron chi connectivity index (χ1n) is 9.46. The van der Waals surface area contributed by atoms with Crippen LogP contribution in [0.4, 0.5) is 11.6 Å². The second-order valence-corrected chi connectivity index (χ2v) is 7.62. The Morgan fingerprint density at radius 3 is 2.25 bits per heavy atom. The van der Waals surface area contributed by atoms with Crippen LogP contribution >= 0.6 is 15.9 Å². The molecule has 8 nitrogen and oxygen atoms in total. The zero-order valence-electron chi connectivity index (χ0n) is 16.5. The topological polar surface area (TPSA) is 114 Å². The van der Waals surface area contributed by atoms with Crippen LogP contribution in [0.15, 0.2) is 88.4 Å². The van der Waals surface area contributed by atoms with Crippen LogP contribution in [0.5, 0.6) is 5.75 Å². The molecule has 1 heterocycles. The molecule has 0 saturated carbocycles. The quantitative estimate of drug-likeness (QED) is 0.206. The lowest BCUT2D eigenvalue weighted by Gasteiger charge is -2.08. The second kappa shape index (κ2) is 9.36. The van der Waals surface area contributed by atoms with Crippen molar-refractivity contribution in [3.05, 3.63) is 99.0 Å². The third kappa shape index (κ3) is 4.96. The smallest absolute Gasteiger partial charge is 0.270 e. The Labute approximate surface area is 191 Å². The van der Waals surface area contributed by atoms with Crippen LogP contribution in [0.3, 0.4) is 0 Å². The van der Waals surface area contributed by atoms with Crippen molar-refractivity contribution in [3.63, 3.8) is 0 Å². The van der Waals surface area contributed by atoms with E-state index in [0.29, 0.717) is 11.4 Å². The Kier molecular flexibility index (Phi) is 6.18. The number of halogens is 1. The third-order valence-corrected chi connectivity index (χ3v) is 5.05. The van der Waals surface area contributed by atoms with Gasteiger partial charge in [-0.1, -0.05) is 58.4 Å². The number of nitro groups is 1. The Balaban J connectivity index is 1.68. The Hall–Kier alpha value is -4.11. The van der Waals surface area contributed by atoms with E-state index >= 15 is 0 Å². The lowest BCUT2D eigenvalue weighted by molar-refractivity contribution is -0.384. The third-order valence-electron chi connectivity index (χ3n) is 4.53. The molecule has 1 aromatic heterocycles. The van der Waals surface area contributed by atoms with E-state index in [-0.39, 0.29) is 22.9 Å². The fourth-order valence-electron chi connectivity index (χ4n) is 2.94. The summed E-state index contributed by atoms with van der Waals surface area (Å²) >= 11 is 3.43. The molecule has 4 aromatic rings. The van der Waals surface area contributed by atoms with Crippen molar-refractivity contribution in [1.82, 2.24) is 9.97 Å². The molecule has 158 valence electrons. The zero-order chi connectivity index (χ0) is 22.5. The van der Waals surface area contributed by atoms with Crippen LogP contribution in [0.2, 0.25) is 0 Å². The molecule has 0 spiro atoms. The standard InChI is InChI=1S/C23H16BrN5O3/c24-18-8-6-16(7-9-18)21-13-20(15-4-2-1-3-5-15)26-23(27-21)28-25-14-17-12-19(29(31)32)10-11-22(17)30/h1-14,30H,(H,26,27,28)/b25-14+. The number of anilines is 1. The number of nitro benzene ring substituents is 1. The van der Waals surface area contributed by atoms with Crippen LogP contribution in [0, 0.1) is 10.1 Å². The van der Waals surface area contributed by atoms with Gasteiger partial charge in [-0.05, 0) is 24.3 Å². The maximum atomic E-state index is 11.0. The van der Waals surface area contributed by atoms with Gasteiger partial charge in [0.1, 0.15) is 5.75 Å². The molecule has 2 N–H and O–H groups in total. The lowest BCUT2D eigenvalue weighted by atomic mass is 10.1. The van der Waals surface area contributed by atoms with Crippen molar-refractivity contribution in [1.29, 1.82) is 0 Å². The molecule has 32 heavy (non-hydrogen) atoms. The molecule has 0 saturated heterocycles. The average Bonchev–Trinajstić information content (AvgIpc) is 2.81. The van der Waals surface area contributed by atoms with Gasteiger partial charge in [-0.3, -0.25) is 10.1 Å². The van der Waals surface area contributed by atoms with Crippen LogP contribution < -0.4 is 5.43 Å². The van der Waals surface area contributed by atoms with E-state index < -0.39 is 4.92 Å². The number of benzene rings is 3. The number of phenolic OH excluding ortho intramolecular Hbond substituents is 1. The predicted molar refractivity (Wildman–Crippen MR) is 127 cm³/mol. The van der Waals surface area contributed by atoms with Crippen LogP contribution in [-0.4, -0.2) is 26.2 Å². The molecule has 0 fully saturated rings. The first-order chi connectivity index (χ1) is 15.5. The van der Waals surface area contributed by atoms with Crippen molar-refractivity contribution in [3.8, 4) is 28.3 Å². The summed E-state index contributed by atoms with van der Waals surface area (Å²) in [7, 11) is 0. The summed E-state index contributed by atoms with van der Waals surface area (Å²) in [6, 6.07) is 23.0. The summed E-state index contributed by atoms with van der Waals surface area (Å²) in [6.07, 6.45) is 1.28. The fourth-order valence-corrected chi connectivity index (χ4v) is 3.21. The maximum absolute atomic E-state index is 11.0. The van der Waals surface area contributed by atoms with Crippen molar-refractivity contribution in [2.75, 3.05) is 5.43 Å². The number of non-ortho nitro benzene ring substituents is 1. The van der Waals surface area contributed by atoms with E-state index in [2.05, 4.69) is 36.4 Å². The first-order valence-corrected chi connectivity index (χ1v) is 10.3. The van der Waals surface area contributed by atoms with E-state index in [4.69, 9.17) is 0 Å². The van der Waals surface area contributed by atoms with Crippen molar-refractivity contribution >= 4 is 33.8 Å². The number of aromatic nitrogens is 2. The number of rotatable bonds is 6. The summed E-state index contributed by atoms with van der Waals surface area (Å²) in [4.78, 5) is 19.5. The van der Waals surface area contributed by atoms with Crippen molar-refractivity contribution < 1.29 is 10.0 Å². The summed E-state index contributed by atoms with van der Waals surface area (Å²) in [5, 5.41) is 25.0. The zero-order valence-corrected chi connectivity index (χ0v) is 18.1. The van der Waals surface area contributed by atoms with Gasteiger partial charge in [-0.25, -0.2) is 15.4 Å². The van der Waals surface area contributed by atoms with E-state index in [0.717, 1.165) is 15.6 Å². The molecule has 0 radical (unpaired) electrons. The molecule has 3 aromatic carbocycles. The summed E-state index contributed by atoms with van der Waals surface area (Å²) < 4.78 is 0.957. The van der Waals surface area contributed by atoms with E-state index in [9.17, 15) is 15.2 Å². The van der Waals surface area contributed by atoms with Gasteiger partial charge in [0.15, 0.2) is 0 Å². The van der Waals surface area contributed by atoms with E-state index in [1.165, 1.54) is 24.4 Å². The molecular formula is C23H16BrN5O3. The minimum Gasteiger partial charge on any atom is -0.507 e. The van der Waals surface area contributed by atoms with Gasteiger partial charge in [0, 0.05) is 33.3 Å². The number of hydrogen-bond donors (Lipinski definition) is 2. The SMILES string of the molecule is O=[N+]([O-])c1ccc(O)c(/C=N/Nc2nc(-c3ccccc3)cc(-c3ccc(Br)cc3)n2)c1. The van der Waals surface area contributed by atoms with E-state index in [1.807, 2.05) is 60.7 Å². The number of hydrazone groups is 1. The predicted octanol–water partition coefficient (Wildman–Crippen LogP) is 5.63. The number of phenols is 1. The van der Waals surface area contributed by atoms with Crippen LogP contribution in [0.1, 0.15) is 5.56 Å². The largest absolute Gasteiger partial charge is 0.507 e. The summed E-state index contributed by atoms with van der Waals surface area (Å²) in [5.74, 6) is 0.112. The van der Waals surface area contributed by atoms with Crippen molar-refractivity contribution in [2.45, 2.75) is 0 Å². The van der Waals surface area contributed by atoms with Crippen LogP contribution in [-0.2, 0) is 0 Å². The lowest BCUT2D eigenvalue weighted by Crippen LogP contribution is -2.00. The number of aromatic hydroxyl groups is 1. The van der Waals surface area contributed by atoms with Gasteiger partial charge >= 0.3 is 0 Å². The molecule has 0 aliphatic rings.